The average molecular weight is 602 g/mol. The second-order valence-electron chi connectivity index (χ2n) is 11.3. The molecule has 1 aliphatic rings. The molecule has 3 N–H and O–H groups in total. The van der Waals surface area contributed by atoms with Crippen LogP contribution in [-0.4, -0.2) is 46.3 Å². The number of benzene rings is 4. The van der Waals surface area contributed by atoms with Crippen LogP contribution in [0.1, 0.15) is 80.2 Å². The summed E-state index contributed by atoms with van der Waals surface area (Å²) in [6.07, 6.45) is 5.63. The van der Waals surface area contributed by atoms with Crippen molar-refractivity contribution in [2.45, 2.75) is 44.1 Å². The Morgan fingerprint density at radius 2 is 1.24 bits per heavy atom. The van der Waals surface area contributed by atoms with Crippen LogP contribution in [0.3, 0.4) is 0 Å². The molecule has 0 heterocycles. The number of aliphatic hydroxyl groups is 1. The van der Waals surface area contributed by atoms with Gasteiger partial charge in [-0.25, -0.2) is 4.79 Å². The maximum absolute atomic E-state index is 13.9. The fourth-order valence-corrected chi connectivity index (χ4v) is 5.63. The smallest absolute Gasteiger partial charge is 0.334 e. The van der Waals surface area contributed by atoms with Gasteiger partial charge in [-0.2, -0.15) is 0 Å². The fourth-order valence-electron chi connectivity index (χ4n) is 5.63. The summed E-state index contributed by atoms with van der Waals surface area (Å²) in [4.78, 5) is 50.6. The van der Waals surface area contributed by atoms with Gasteiger partial charge < -0.3 is 15.5 Å². The number of carboxylic acids is 1. The van der Waals surface area contributed by atoms with Crippen LogP contribution in [0.4, 0.5) is 0 Å². The van der Waals surface area contributed by atoms with Crippen molar-refractivity contribution < 1.29 is 29.4 Å². The molecule has 228 valence electrons. The zero-order valence-corrected chi connectivity index (χ0v) is 24.8. The van der Waals surface area contributed by atoms with Gasteiger partial charge in [-0.15, -0.1) is 0 Å². The number of aliphatic hydroxyl groups excluding tert-OH is 1. The van der Waals surface area contributed by atoms with Crippen LogP contribution >= 0.6 is 0 Å². The summed E-state index contributed by atoms with van der Waals surface area (Å²) in [6.45, 7) is -0.451. The minimum atomic E-state index is -1.72. The van der Waals surface area contributed by atoms with Gasteiger partial charge in [0.05, 0.1) is 6.54 Å². The molecule has 1 fully saturated rings. The predicted molar refractivity (Wildman–Crippen MR) is 173 cm³/mol. The van der Waals surface area contributed by atoms with Gasteiger partial charge in [0, 0.05) is 22.3 Å². The first-order chi connectivity index (χ1) is 21.8. The predicted octanol–water partition coefficient (Wildman–Crippen LogP) is 6.73. The standard InChI is InChI=1S/C38H35NO6/c40-34(30-17-13-28(14-18-30)26-9-5-2-6-10-26)23-33(29-15-11-27(12-16-29)25-7-3-1-4-8-25)36(42)31-19-21-32(22-20-31)37(43)39-24-35(41)38(44)45/h2,5-6,9-23,25,35,41H,1,3-4,7-8,24H2,(H,39,43)(H,44,45)/t35-/m1/s1. The summed E-state index contributed by atoms with van der Waals surface area (Å²) in [6, 6.07) is 30.9. The van der Waals surface area contributed by atoms with Crippen molar-refractivity contribution in [3.63, 3.8) is 0 Å². The number of hydrogen-bond donors (Lipinski definition) is 3. The van der Waals surface area contributed by atoms with Crippen LogP contribution in [0.25, 0.3) is 16.7 Å². The minimum Gasteiger partial charge on any atom is -0.479 e. The number of nitrogens with one attached hydrogen (secondary N) is 1. The molecule has 5 rings (SSSR count). The average Bonchev–Trinajstić information content (AvgIpc) is 3.10. The molecule has 1 atom stereocenters. The van der Waals surface area contributed by atoms with Crippen LogP contribution in [0.15, 0.2) is 109 Å². The molecule has 0 spiro atoms. The first-order valence-corrected chi connectivity index (χ1v) is 15.2. The monoisotopic (exact) mass is 601 g/mol. The highest BCUT2D eigenvalue weighted by Gasteiger charge is 2.20. The van der Waals surface area contributed by atoms with Crippen molar-refractivity contribution in [3.05, 3.63) is 137 Å². The zero-order chi connectivity index (χ0) is 31.8. The lowest BCUT2D eigenvalue weighted by molar-refractivity contribution is -0.146. The summed E-state index contributed by atoms with van der Waals surface area (Å²) in [5.74, 6) is -2.21. The van der Waals surface area contributed by atoms with E-state index in [1.165, 1.54) is 55.2 Å². The molecule has 4 aromatic carbocycles. The van der Waals surface area contributed by atoms with Crippen molar-refractivity contribution in [2.24, 2.45) is 0 Å². The first-order valence-electron chi connectivity index (χ1n) is 15.2. The van der Waals surface area contributed by atoms with Crippen molar-refractivity contribution in [1.29, 1.82) is 0 Å². The van der Waals surface area contributed by atoms with E-state index in [4.69, 9.17) is 5.11 Å². The second-order valence-corrected chi connectivity index (χ2v) is 11.3. The van der Waals surface area contributed by atoms with E-state index in [1.807, 2.05) is 66.7 Å². The van der Waals surface area contributed by atoms with E-state index >= 15 is 0 Å². The molecular weight excluding hydrogens is 566 g/mol. The normalized spacial score (nSPS) is 14.4. The van der Waals surface area contributed by atoms with Gasteiger partial charge in [0.1, 0.15) is 0 Å². The summed E-state index contributed by atoms with van der Waals surface area (Å²) in [5.41, 5.74) is 5.05. The molecule has 0 aromatic heterocycles. The minimum absolute atomic E-state index is 0.195. The number of carboxylic acid groups (broad SMARTS) is 1. The number of aliphatic carboxylic acids is 1. The topological polar surface area (TPSA) is 121 Å². The summed E-state index contributed by atoms with van der Waals surface area (Å²) in [7, 11) is 0. The third-order valence-corrected chi connectivity index (χ3v) is 8.25. The van der Waals surface area contributed by atoms with Crippen molar-refractivity contribution in [1.82, 2.24) is 5.32 Å². The number of Topliss-reactive ketones (excluding diaryl/α,β-unsaturated/α-hetero) is 1. The van der Waals surface area contributed by atoms with Crippen molar-refractivity contribution >= 4 is 29.0 Å². The Balaban J connectivity index is 1.41. The van der Waals surface area contributed by atoms with E-state index in [-0.39, 0.29) is 28.3 Å². The van der Waals surface area contributed by atoms with Crippen LogP contribution in [0, 0.1) is 0 Å². The van der Waals surface area contributed by atoms with E-state index < -0.39 is 24.5 Å². The summed E-state index contributed by atoms with van der Waals surface area (Å²) in [5, 5.41) is 20.6. The molecule has 1 aliphatic carbocycles. The number of rotatable bonds is 11. The van der Waals surface area contributed by atoms with E-state index in [1.54, 1.807) is 12.1 Å². The summed E-state index contributed by atoms with van der Waals surface area (Å²) >= 11 is 0. The Bertz CT molecular complexity index is 1680. The molecule has 0 bridgehead atoms. The quantitative estimate of drug-likeness (QED) is 0.130. The maximum Gasteiger partial charge on any atom is 0.334 e. The van der Waals surface area contributed by atoms with Crippen LogP contribution < -0.4 is 5.32 Å². The molecule has 0 aliphatic heterocycles. The first kappa shape index (κ1) is 31.3. The number of ketones is 2. The molecule has 45 heavy (non-hydrogen) atoms. The van der Waals surface area contributed by atoms with Crippen LogP contribution in [-0.2, 0) is 4.79 Å². The largest absolute Gasteiger partial charge is 0.479 e. The van der Waals surface area contributed by atoms with Gasteiger partial charge in [0.15, 0.2) is 17.7 Å². The fraction of sp³-hybridized carbons (Fsp3) is 0.211. The highest BCUT2D eigenvalue weighted by atomic mass is 16.4. The van der Waals surface area contributed by atoms with E-state index in [0.717, 1.165) is 24.0 Å². The number of amides is 1. The lowest BCUT2D eigenvalue weighted by Gasteiger charge is -2.22. The molecule has 0 saturated heterocycles. The lowest BCUT2D eigenvalue weighted by atomic mass is 9.83. The Kier molecular flexibility index (Phi) is 10.1. The van der Waals surface area contributed by atoms with Gasteiger partial charge in [0.25, 0.3) is 5.91 Å². The Morgan fingerprint density at radius 3 is 1.87 bits per heavy atom. The van der Waals surface area contributed by atoms with Crippen molar-refractivity contribution in [3.8, 4) is 11.1 Å². The van der Waals surface area contributed by atoms with Gasteiger partial charge in [-0.1, -0.05) is 110 Å². The number of hydrogen-bond acceptors (Lipinski definition) is 5. The molecule has 0 radical (unpaired) electrons. The van der Waals surface area contributed by atoms with E-state index in [0.29, 0.717) is 17.0 Å². The Morgan fingerprint density at radius 1 is 0.689 bits per heavy atom. The Labute approximate surface area is 262 Å². The molecule has 1 amide bonds. The van der Waals surface area contributed by atoms with Gasteiger partial charge in [0.2, 0.25) is 0 Å². The Hall–Kier alpha value is -5.14. The van der Waals surface area contributed by atoms with Crippen LogP contribution in [0.5, 0.6) is 0 Å². The molecular formula is C38H35NO6. The summed E-state index contributed by atoms with van der Waals surface area (Å²) < 4.78 is 0. The van der Waals surface area contributed by atoms with Gasteiger partial charge >= 0.3 is 5.97 Å². The van der Waals surface area contributed by atoms with E-state index in [2.05, 4.69) is 5.32 Å². The maximum atomic E-state index is 13.9. The van der Waals surface area contributed by atoms with Crippen LogP contribution in [0.2, 0.25) is 0 Å². The number of allylic oxidation sites excluding steroid dienone is 2. The highest BCUT2D eigenvalue weighted by Crippen LogP contribution is 2.33. The molecule has 7 nitrogen and oxygen atoms in total. The molecule has 4 aromatic rings. The number of carbonyl (C=O) groups excluding carboxylic acids is 3. The molecule has 7 heteroatoms. The number of carbonyl (C=O) groups is 4. The highest BCUT2D eigenvalue weighted by molar-refractivity contribution is 6.32. The molecule has 1 saturated carbocycles. The van der Waals surface area contributed by atoms with E-state index in [9.17, 15) is 24.3 Å². The van der Waals surface area contributed by atoms with Gasteiger partial charge in [-0.05, 0) is 59.2 Å². The third-order valence-electron chi connectivity index (χ3n) is 8.25. The lowest BCUT2D eigenvalue weighted by Crippen LogP contribution is -2.36. The molecule has 0 unspecified atom stereocenters. The SMILES string of the molecule is O=C(C=C(C(=O)c1ccc(C(=O)NC[C@@H](O)C(=O)O)cc1)c1ccc(C2CCCCC2)cc1)c1ccc(-c2ccccc2)cc1. The zero-order valence-electron chi connectivity index (χ0n) is 24.8. The van der Waals surface area contributed by atoms with Crippen molar-refractivity contribution in [2.75, 3.05) is 6.54 Å². The van der Waals surface area contributed by atoms with Gasteiger partial charge in [-0.3, -0.25) is 14.4 Å². The third kappa shape index (κ3) is 7.88. The second kappa shape index (κ2) is 14.6.